The molecular formula is C18H21FN4O3. The van der Waals surface area contributed by atoms with E-state index < -0.39 is 28.9 Å². The van der Waals surface area contributed by atoms with Crippen LogP contribution in [0.25, 0.3) is 5.69 Å². The maximum atomic E-state index is 14.0. The molecule has 0 bridgehead atoms. The maximum Gasteiger partial charge on any atom is 0.276 e. The molecule has 1 atom stereocenters. The molecule has 0 aliphatic heterocycles. The fourth-order valence-corrected chi connectivity index (χ4v) is 2.30. The standard InChI is InChI=1S/C18H21FN4O3/c1-4-9-20-17(25)12(3)21-18(26)16-15(24)10-11(2)23(22-16)14-8-6-5-7-13(14)19/h5-8,10,12H,4,9H2,1-3H3,(H,20,25)(H,21,26)/t12-/m1/s1. The minimum atomic E-state index is -0.835. The lowest BCUT2D eigenvalue weighted by molar-refractivity contribution is -0.122. The summed E-state index contributed by atoms with van der Waals surface area (Å²) in [5.74, 6) is -1.69. The van der Waals surface area contributed by atoms with Crippen LogP contribution >= 0.6 is 0 Å². The summed E-state index contributed by atoms with van der Waals surface area (Å²) in [6, 6.07) is 6.27. The van der Waals surface area contributed by atoms with Crippen LogP contribution in [0.2, 0.25) is 0 Å². The molecule has 0 saturated heterocycles. The van der Waals surface area contributed by atoms with E-state index in [1.165, 1.54) is 35.9 Å². The first-order chi connectivity index (χ1) is 12.3. The minimum Gasteiger partial charge on any atom is -0.354 e. The van der Waals surface area contributed by atoms with Crippen molar-refractivity contribution in [3.8, 4) is 5.69 Å². The minimum absolute atomic E-state index is 0.118. The van der Waals surface area contributed by atoms with Gasteiger partial charge in [0.2, 0.25) is 11.3 Å². The molecule has 138 valence electrons. The summed E-state index contributed by atoms with van der Waals surface area (Å²) < 4.78 is 15.2. The predicted octanol–water partition coefficient (Wildman–Crippen LogP) is 1.32. The van der Waals surface area contributed by atoms with Crippen molar-refractivity contribution < 1.29 is 14.0 Å². The number of hydrogen-bond acceptors (Lipinski definition) is 4. The third-order valence-electron chi connectivity index (χ3n) is 3.69. The van der Waals surface area contributed by atoms with E-state index in [2.05, 4.69) is 15.7 Å². The van der Waals surface area contributed by atoms with Crippen LogP contribution in [-0.4, -0.2) is 34.2 Å². The van der Waals surface area contributed by atoms with Crippen LogP contribution in [0.15, 0.2) is 35.1 Å². The normalized spacial score (nSPS) is 11.7. The van der Waals surface area contributed by atoms with Gasteiger partial charge in [-0.2, -0.15) is 5.10 Å². The number of nitrogens with zero attached hydrogens (tertiary/aromatic N) is 2. The van der Waals surface area contributed by atoms with Crippen molar-refractivity contribution in [2.24, 2.45) is 0 Å². The molecule has 0 unspecified atom stereocenters. The smallest absolute Gasteiger partial charge is 0.276 e. The lowest BCUT2D eigenvalue weighted by Gasteiger charge is -2.15. The highest BCUT2D eigenvalue weighted by atomic mass is 19.1. The van der Waals surface area contributed by atoms with Crippen LogP contribution in [0.5, 0.6) is 0 Å². The van der Waals surface area contributed by atoms with E-state index in [1.54, 1.807) is 13.0 Å². The third-order valence-corrected chi connectivity index (χ3v) is 3.69. The molecule has 2 rings (SSSR count). The van der Waals surface area contributed by atoms with Crippen molar-refractivity contribution >= 4 is 11.8 Å². The highest BCUT2D eigenvalue weighted by Gasteiger charge is 2.21. The predicted molar refractivity (Wildman–Crippen MR) is 94.8 cm³/mol. The molecule has 2 amide bonds. The Morgan fingerprint density at radius 1 is 1.31 bits per heavy atom. The number of carbonyl (C=O) groups is 2. The number of aromatic nitrogens is 2. The number of nitrogens with one attached hydrogen (secondary N) is 2. The van der Waals surface area contributed by atoms with Gasteiger partial charge in [0.15, 0.2) is 5.69 Å². The lowest BCUT2D eigenvalue weighted by atomic mass is 10.2. The van der Waals surface area contributed by atoms with E-state index in [-0.39, 0.29) is 11.6 Å². The molecule has 0 aliphatic rings. The zero-order valence-corrected chi connectivity index (χ0v) is 14.9. The van der Waals surface area contributed by atoms with Crippen molar-refractivity contribution in [1.29, 1.82) is 0 Å². The fourth-order valence-electron chi connectivity index (χ4n) is 2.30. The van der Waals surface area contributed by atoms with Crippen LogP contribution in [0, 0.1) is 12.7 Å². The average molecular weight is 360 g/mol. The van der Waals surface area contributed by atoms with Crippen LogP contribution in [0.3, 0.4) is 0 Å². The van der Waals surface area contributed by atoms with E-state index in [4.69, 9.17) is 0 Å². The van der Waals surface area contributed by atoms with Crippen molar-refractivity contribution in [1.82, 2.24) is 20.4 Å². The van der Waals surface area contributed by atoms with Crippen molar-refractivity contribution in [3.05, 3.63) is 57.8 Å². The Morgan fingerprint density at radius 3 is 2.65 bits per heavy atom. The monoisotopic (exact) mass is 360 g/mol. The van der Waals surface area contributed by atoms with Crippen molar-refractivity contribution in [2.45, 2.75) is 33.2 Å². The van der Waals surface area contributed by atoms with Crippen molar-refractivity contribution in [2.75, 3.05) is 6.54 Å². The van der Waals surface area contributed by atoms with Gasteiger partial charge in [0, 0.05) is 18.3 Å². The second-order valence-corrected chi connectivity index (χ2v) is 5.85. The second kappa shape index (κ2) is 8.37. The summed E-state index contributed by atoms with van der Waals surface area (Å²) >= 11 is 0. The molecule has 1 aromatic heterocycles. The zero-order valence-electron chi connectivity index (χ0n) is 14.9. The number of carbonyl (C=O) groups excluding carboxylic acids is 2. The molecule has 1 heterocycles. The topological polar surface area (TPSA) is 93.1 Å². The zero-order chi connectivity index (χ0) is 19.3. The van der Waals surface area contributed by atoms with Gasteiger partial charge in [0.1, 0.15) is 17.5 Å². The number of rotatable bonds is 6. The Bertz CT molecular complexity index is 879. The Balaban J connectivity index is 2.31. The van der Waals surface area contributed by atoms with E-state index in [9.17, 15) is 18.8 Å². The molecular weight excluding hydrogens is 339 g/mol. The Morgan fingerprint density at radius 2 is 2.00 bits per heavy atom. The molecule has 0 radical (unpaired) electrons. The molecule has 2 N–H and O–H groups in total. The first kappa shape index (κ1) is 19.3. The van der Waals surface area contributed by atoms with Crippen LogP contribution in [0.1, 0.15) is 36.5 Å². The molecule has 8 heteroatoms. The number of para-hydroxylation sites is 1. The first-order valence-electron chi connectivity index (χ1n) is 8.29. The van der Waals surface area contributed by atoms with Gasteiger partial charge in [-0.3, -0.25) is 14.4 Å². The van der Waals surface area contributed by atoms with Crippen LogP contribution in [-0.2, 0) is 4.79 Å². The molecule has 0 saturated carbocycles. The molecule has 26 heavy (non-hydrogen) atoms. The van der Waals surface area contributed by atoms with E-state index >= 15 is 0 Å². The number of aryl methyl sites for hydroxylation is 1. The van der Waals surface area contributed by atoms with Gasteiger partial charge in [-0.1, -0.05) is 19.1 Å². The van der Waals surface area contributed by atoms with E-state index in [0.717, 1.165) is 6.42 Å². The number of halogens is 1. The van der Waals surface area contributed by atoms with E-state index in [0.29, 0.717) is 12.2 Å². The van der Waals surface area contributed by atoms with Gasteiger partial charge in [-0.05, 0) is 32.4 Å². The second-order valence-electron chi connectivity index (χ2n) is 5.85. The van der Waals surface area contributed by atoms with Gasteiger partial charge < -0.3 is 10.6 Å². The summed E-state index contributed by atoms with van der Waals surface area (Å²) in [5, 5.41) is 9.09. The maximum absolute atomic E-state index is 14.0. The third kappa shape index (κ3) is 4.33. The largest absolute Gasteiger partial charge is 0.354 e. The Labute approximate surface area is 150 Å². The van der Waals surface area contributed by atoms with Gasteiger partial charge >= 0.3 is 0 Å². The van der Waals surface area contributed by atoms with E-state index in [1.807, 2.05) is 6.92 Å². The summed E-state index contributed by atoms with van der Waals surface area (Å²) in [6.07, 6.45) is 0.763. The number of hydrogen-bond donors (Lipinski definition) is 2. The Kier molecular flexibility index (Phi) is 6.21. The summed E-state index contributed by atoms with van der Waals surface area (Å²) in [5.41, 5.74) is -0.513. The molecule has 0 spiro atoms. The van der Waals surface area contributed by atoms with Gasteiger partial charge in [0.05, 0.1) is 0 Å². The molecule has 2 aromatic rings. The highest BCUT2D eigenvalue weighted by Crippen LogP contribution is 2.13. The SMILES string of the molecule is CCCNC(=O)[C@@H](C)NC(=O)c1nn(-c2ccccc2F)c(C)cc1=O. The Hall–Kier alpha value is -3.03. The molecule has 7 nitrogen and oxygen atoms in total. The van der Waals surface area contributed by atoms with Gasteiger partial charge in [0.25, 0.3) is 5.91 Å². The molecule has 0 fully saturated rings. The fraction of sp³-hybridized carbons (Fsp3) is 0.333. The van der Waals surface area contributed by atoms with Gasteiger partial charge in [-0.15, -0.1) is 0 Å². The molecule has 0 aliphatic carbocycles. The first-order valence-corrected chi connectivity index (χ1v) is 8.29. The molecule has 1 aromatic carbocycles. The van der Waals surface area contributed by atoms with Gasteiger partial charge in [-0.25, -0.2) is 9.07 Å². The lowest BCUT2D eigenvalue weighted by Crippen LogP contribution is -2.46. The summed E-state index contributed by atoms with van der Waals surface area (Å²) in [7, 11) is 0. The van der Waals surface area contributed by atoms with Crippen LogP contribution in [0.4, 0.5) is 4.39 Å². The van der Waals surface area contributed by atoms with Crippen molar-refractivity contribution in [3.63, 3.8) is 0 Å². The number of benzene rings is 1. The summed E-state index contributed by atoms with van der Waals surface area (Å²) in [6.45, 7) is 5.49. The highest BCUT2D eigenvalue weighted by molar-refractivity contribution is 5.95. The quantitative estimate of drug-likeness (QED) is 0.813. The summed E-state index contributed by atoms with van der Waals surface area (Å²) in [4.78, 5) is 36.4. The average Bonchev–Trinajstić information content (AvgIpc) is 2.60. The van der Waals surface area contributed by atoms with Crippen LogP contribution < -0.4 is 16.1 Å². The number of amides is 2.